The first kappa shape index (κ1) is 13.2. The van der Waals surface area contributed by atoms with Gasteiger partial charge >= 0.3 is 0 Å². The summed E-state index contributed by atoms with van der Waals surface area (Å²) < 4.78 is 10.8. The Morgan fingerprint density at radius 2 is 1.82 bits per heavy atom. The van der Waals surface area contributed by atoms with Gasteiger partial charge in [0.25, 0.3) is 5.71 Å². The standard InChI is InChI=1S/C16H16N4O2/c1-11-2-4-12(5-3-11)14-13-15(20-6-8-21-9-7-20)17-10-18-16(13)22-19-14/h2-5,10H,6-9H2,1H3. The minimum atomic E-state index is 0.520. The average Bonchev–Trinajstić information content (AvgIpc) is 3.00. The first-order chi connectivity index (χ1) is 10.8. The first-order valence-electron chi connectivity index (χ1n) is 7.33. The van der Waals surface area contributed by atoms with E-state index in [0.717, 1.165) is 35.6 Å². The van der Waals surface area contributed by atoms with Crippen molar-refractivity contribution < 1.29 is 9.26 Å². The molecule has 6 nitrogen and oxygen atoms in total. The van der Waals surface area contributed by atoms with Gasteiger partial charge in [-0.2, -0.15) is 4.98 Å². The third kappa shape index (κ3) is 2.21. The largest absolute Gasteiger partial charge is 0.378 e. The molecule has 0 atom stereocenters. The van der Waals surface area contributed by atoms with Crippen LogP contribution in [0.25, 0.3) is 22.4 Å². The maximum absolute atomic E-state index is 5.42. The highest BCUT2D eigenvalue weighted by atomic mass is 16.5. The van der Waals surface area contributed by atoms with Crippen molar-refractivity contribution in [2.75, 3.05) is 31.2 Å². The van der Waals surface area contributed by atoms with Crippen LogP contribution >= 0.6 is 0 Å². The Labute approximate surface area is 127 Å². The van der Waals surface area contributed by atoms with Crippen LogP contribution in [0.1, 0.15) is 5.56 Å². The molecule has 3 heterocycles. The van der Waals surface area contributed by atoms with Crippen molar-refractivity contribution in [3.05, 3.63) is 36.2 Å². The molecule has 0 amide bonds. The monoisotopic (exact) mass is 296 g/mol. The van der Waals surface area contributed by atoms with E-state index in [1.807, 2.05) is 12.1 Å². The van der Waals surface area contributed by atoms with Gasteiger partial charge in [-0.1, -0.05) is 35.0 Å². The number of fused-ring (bicyclic) bond motifs is 1. The molecule has 112 valence electrons. The van der Waals surface area contributed by atoms with E-state index in [-0.39, 0.29) is 0 Å². The van der Waals surface area contributed by atoms with Crippen LogP contribution < -0.4 is 4.90 Å². The van der Waals surface area contributed by atoms with E-state index in [2.05, 4.69) is 39.1 Å². The molecular formula is C16H16N4O2. The van der Waals surface area contributed by atoms with Gasteiger partial charge in [0.15, 0.2) is 0 Å². The van der Waals surface area contributed by atoms with Gasteiger partial charge in [0.05, 0.1) is 13.2 Å². The molecule has 0 bridgehead atoms. The second kappa shape index (κ2) is 5.38. The molecule has 1 aromatic carbocycles. The number of aromatic nitrogens is 3. The molecule has 0 spiro atoms. The molecule has 2 aromatic heterocycles. The Bertz CT molecular complexity index is 792. The number of ether oxygens (including phenoxy) is 1. The summed E-state index contributed by atoms with van der Waals surface area (Å²) in [5.74, 6) is 0.866. The third-order valence-electron chi connectivity index (χ3n) is 3.89. The molecule has 0 radical (unpaired) electrons. The van der Waals surface area contributed by atoms with Crippen LogP contribution in [-0.4, -0.2) is 41.4 Å². The predicted molar refractivity (Wildman–Crippen MR) is 82.8 cm³/mol. The van der Waals surface area contributed by atoms with Crippen molar-refractivity contribution in [2.24, 2.45) is 0 Å². The van der Waals surface area contributed by atoms with Crippen LogP contribution in [0.5, 0.6) is 0 Å². The van der Waals surface area contributed by atoms with Crippen molar-refractivity contribution in [1.82, 2.24) is 15.1 Å². The summed E-state index contributed by atoms with van der Waals surface area (Å²) >= 11 is 0. The van der Waals surface area contributed by atoms with Crippen molar-refractivity contribution in [1.29, 1.82) is 0 Å². The molecule has 0 N–H and O–H groups in total. The fraction of sp³-hybridized carbons (Fsp3) is 0.312. The molecule has 1 fully saturated rings. The van der Waals surface area contributed by atoms with E-state index in [1.54, 1.807) is 0 Å². The van der Waals surface area contributed by atoms with E-state index < -0.39 is 0 Å². The van der Waals surface area contributed by atoms with E-state index in [4.69, 9.17) is 9.26 Å². The highest BCUT2D eigenvalue weighted by Crippen LogP contribution is 2.33. The summed E-state index contributed by atoms with van der Waals surface area (Å²) in [5, 5.41) is 5.08. The molecule has 0 saturated carbocycles. The van der Waals surface area contributed by atoms with Gasteiger partial charge in [0.1, 0.15) is 23.2 Å². The number of anilines is 1. The molecule has 1 aliphatic rings. The summed E-state index contributed by atoms with van der Waals surface area (Å²) in [4.78, 5) is 10.9. The first-order valence-corrected chi connectivity index (χ1v) is 7.33. The van der Waals surface area contributed by atoms with Crippen molar-refractivity contribution in [3.63, 3.8) is 0 Å². The Morgan fingerprint density at radius 1 is 1.05 bits per heavy atom. The summed E-state index contributed by atoms with van der Waals surface area (Å²) in [5.41, 5.74) is 3.53. The average molecular weight is 296 g/mol. The summed E-state index contributed by atoms with van der Waals surface area (Å²) in [6.07, 6.45) is 1.53. The van der Waals surface area contributed by atoms with Crippen LogP contribution in [0.4, 0.5) is 5.82 Å². The van der Waals surface area contributed by atoms with Crippen LogP contribution in [0.15, 0.2) is 35.1 Å². The van der Waals surface area contributed by atoms with Gasteiger partial charge in [0, 0.05) is 18.7 Å². The minimum absolute atomic E-state index is 0.520. The van der Waals surface area contributed by atoms with Crippen molar-refractivity contribution in [3.8, 4) is 11.3 Å². The molecule has 0 unspecified atom stereocenters. The zero-order chi connectivity index (χ0) is 14.9. The molecule has 22 heavy (non-hydrogen) atoms. The van der Waals surface area contributed by atoms with E-state index in [9.17, 15) is 0 Å². The molecule has 1 saturated heterocycles. The Kier molecular flexibility index (Phi) is 3.23. The molecule has 0 aliphatic carbocycles. The number of nitrogens with zero attached hydrogens (tertiary/aromatic N) is 4. The fourth-order valence-electron chi connectivity index (χ4n) is 2.70. The maximum atomic E-state index is 5.42. The zero-order valence-electron chi connectivity index (χ0n) is 12.3. The lowest BCUT2D eigenvalue weighted by molar-refractivity contribution is 0.122. The molecule has 3 aromatic rings. The van der Waals surface area contributed by atoms with Crippen LogP contribution in [0, 0.1) is 6.92 Å². The molecule has 4 rings (SSSR count). The van der Waals surface area contributed by atoms with E-state index in [0.29, 0.717) is 18.9 Å². The lowest BCUT2D eigenvalue weighted by Gasteiger charge is -2.27. The van der Waals surface area contributed by atoms with Crippen LogP contribution in [0.3, 0.4) is 0 Å². The molecule has 6 heteroatoms. The number of hydrogen-bond donors (Lipinski definition) is 0. The lowest BCUT2D eigenvalue weighted by Crippen LogP contribution is -2.36. The normalized spacial score (nSPS) is 15.4. The summed E-state index contributed by atoms with van der Waals surface area (Å²) in [7, 11) is 0. The van der Waals surface area contributed by atoms with E-state index >= 15 is 0 Å². The van der Waals surface area contributed by atoms with Gasteiger partial charge in [-0.3, -0.25) is 0 Å². The van der Waals surface area contributed by atoms with Gasteiger partial charge < -0.3 is 14.2 Å². The smallest absolute Gasteiger partial charge is 0.263 e. The Hall–Kier alpha value is -2.47. The second-order valence-corrected chi connectivity index (χ2v) is 5.37. The van der Waals surface area contributed by atoms with Crippen LogP contribution in [0.2, 0.25) is 0 Å². The third-order valence-corrected chi connectivity index (χ3v) is 3.89. The zero-order valence-corrected chi connectivity index (χ0v) is 12.3. The van der Waals surface area contributed by atoms with Gasteiger partial charge in [0.2, 0.25) is 0 Å². The van der Waals surface area contributed by atoms with Crippen molar-refractivity contribution in [2.45, 2.75) is 6.92 Å². The van der Waals surface area contributed by atoms with Crippen LogP contribution in [-0.2, 0) is 4.74 Å². The van der Waals surface area contributed by atoms with Crippen molar-refractivity contribution >= 4 is 16.9 Å². The number of benzene rings is 1. The number of rotatable bonds is 2. The predicted octanol–water partition coefficient (Wildman–Crippen LogP) is 2.43. The summed E-state index contributed by atoms with van der Waals surface area (Å²) in [6, 6.07) is 8.22. The van der Waals surface area contributed by atoms with Gasteiger partial charge in [-0.05, 0) is 6.92 Å². The fourth-order valence-corrected chi connectivity index (χ4v) is 2.70. The minimum Gasteiger partial charge on any atom is -0.378 e. The Morgan fingerprint density at radius 3 is 2.59 bits per heavy atom. The lowest BCUT2D eigenvalue weighted by atomic mass is 10.1. The summed E-state index contributed by atoms with van der Waals surface area (Å²) in [6.45, 7) is 5.09. The number of morpholine rings is 1. The Balaban J connectivity index is 1.87. The SMILES string of the molecule is Cc1ccc(-c2noc3ncnc(N4CCOCC4)c23)cc1. The number of aryl methyl sites for hydroxylation is 1. The topological polar surface area (TPSA) is 64.3 Å². The van der Waals surface area contributed by atoms with Gasteiger partial charge in [-0.15, -0.1) is 0 Å². The molecular weight excluding hydrogens is 280 g/mol. The highest BCUT2D eigenvalue weighted by Gasteiger charge is 2.22. The second-order valence-electron chi connectivity index (χ2n) is 5.37. The number of hydrogen-bond acceptors (Lipinski definition) is 6. The molecule has 1 aliphatic heterocycles. The van der Waals surface area contributed by atoms with E-state index in [1.165, 1.54) is 11.9 Å². The highest BCUT2D eigenvalue weighted by molar-refractivity contribution is 5.97. The quantitative estimate of drug-likeness (QED) is 0.723. The van der Waals surface area contributed by atoms with Gasteiger partial charge in [-0.25, -0.2) is 4.98 Å². The maximum Gasteiger partial charge on any atom is 0.263 e.